The van der Waals surface area contributed by atoms with Crippen molar-refractivity contribution >= 4 is 50.9 Å². The Hall–Kier alpha value is -1.89. The van der Waals surface area contributed by atoms with Crippen molar-refractivity contribution in [3.05, 3.63) is 81.5 Å². The summed E-state index contributed by atoms with van der Waals surface area (Å²) in [5.41, 5.74) is 2.12. The monoisotopic (exact) mass is 433 g/mol. The molecule has 7 heteroatoms. The van der Waals surface area contributed by atoms with Gasteiger partial charge in [0.25, 0.3) is 5.91 Å². The van der Waals surface area contributed by atoms with E-state index in [1.54, 1.807) is 30.5 Å². The van der Waals surface area contributed by atoms with Crippen molar-refractivity contribution in [2.45, 2.75) is 10.9 Å². The van der Waals surface area contributed by atoms with E-state index < -0.39 is 0 Å². The fourth-order valence-corrected chi connectivity index (χ4v) is 3.29. The summed E-state index contributed by atoms with van der Waals surface area (Å²) in [7, 11) is 0. The fourth-order valence-electron chi connectivity index (χ4n) is 2.03. The van der Waals surface area contributed by atoms with Gasteiger partial charge in [-0.1, -0.05) is 53.7 Å². The van der Waals surface area contributed by atoms with Crippen molar-refractivity contribution < 1.29 is 4.79 Å². The van der Waals surface area contributed by atoms with Crippen molar-refractivity contribution in [3.8, 4) is 0 Å². The van der Waals surface area contributed by atoms with E-state index >= 15 is 0 Å². The lowest BCUT2D eigenvalue weighted by Gasteiger charge is -2.08. The Balaban J connectivity index is 1.72. The van der Waals surface area contributed by atoms with Gasteiger partial charge in [0.1, 0.15) is 5.69 Å². The highest BCUT2D eigenvalue weighted by molar-refractivity contribution is 9.10. The number of halogens is 2. The van der Waals surface area contributed by atoms with Gasteiger partial charge in [-0.2, -0.15) is 0 Å². The van der Waals surface area contributed by atoms with Gasteiger partial charge < -0.3 is 5.32 Å². The molecule has 0 saturated heterocycles. The van der Waals surface area contributed by atoms with E-state index in [2.05, 4.69) is 31.2 Å². The van der Waals surface area contributed by atoms with Gasteiger partial charge in [0, 0.05) is 22.7 Å². The zero-order valence-corrected chi connectivity index (χ0v) is 16.1. The van der Waals surface area contributed by atoms with E-state index in [0.717, 1.165) is 5.75 Å². The molecule has 0 saturated carbocycles. The van der Waals surface area contributed by atoms with E-state index in [-0.39, 0.29) is 5.91 Å². The molecule has 1 heterocycles. The molecule has 0 spiro atoms. The first kappa shape index (κ1) is 17.9. The summed E-state index contributed by atoms with van der Waals surface area (Å²) in [4.78, 5) is 21.1. The van der Waals surface area contributed by atoms with Crippen molar-refractivity contribution in [2.75, 3.05) is 5.32 Å². The zero-order valence-electron chi connectivity index (χ0n) is 12.9. The highest BCUT2D eigenvalue weighted by Gasteiger charge is 2.14. The lowest BCUT2D eigenvalue weighted by Crippen LogP contribution is -2.15. The Kier molecular flexibility index (Phi) is 6.07. The molecular weight excluding hydrogens is 422 g/mol. The van der Waals surface area contributed by atoms with Crippen LogP contribution in [0.4, 0.5) is 5.69 Å². The predicted octanol–water partition coefficient (Wildman–Crippen LogP) is 5.44. The van der Waals surface area contributed by atoms with Crippen LogP contribution in [0, 0.1) is 0 Å². The van der Waals surface area contributed by atoms with E-state index in [0.29, 0.717) is 26.0 Å². The number of hydrogen-bond acceptors (Lipinski definition) is 4. The maximum absolute atomic E-state index is 12.5. The number of amides is 1. The molecule has 1 amide bonds. The van der Waals surface area contributed by atoms with Gasteiger partial charge in [-0.05, 0) is 45.8 Å². The molecule has 3 rings (SSSR count). The molecule has 3 aromatic rings. The van der Waals surface area contributed by atoms with Crippen molar-refractivity contribution in [2.24, 2.45) is 0 Å². The number of rotatable bonds is 5. The normalized spacial score (nSPS) is 10.5. The van der Waals surface area contributed by atoms with Crippen molar-refractivity contribution in [3.63, 3.8) is 0 Å². The largest absolute Gasteiger partial charge is 0.321 e. The summed E-state index contributed by atoms with van der Waals surface area (Å²) >= 11 is 10.7. The molecule has 0 aliphatic carbocycles. The Labute approximate surface area is 163 Å². The molecule has 0 aliphatic heterocycles. The first-order valence-electron chi connectivity index (χ1n) is 7.38. The summed E-state index contributed by atoms with van der Waals surface area (Å²) in [5, 5.41) is 3.96. The molecule has 2 aromatic carbocycles. The number of nitrogens with zero attached hydrogens (tertiary/aromatic N) is 2. The topological polar surface area (TPSA) is 54.9 Å². The van der Waals surface area contributed by atoms with E-state index in [9.17, 15) is 4.79 Å². The van der Waals surface area contributed by atoms with Crippen LogP contribution in [0.5, 0.6) is 0 Å². The van der Waals surface area contributed by atoms with Crippen LogP contribution in [-0.4, -0.2) is 15.9 Å². The van der Waals surface area contributed by atoms with Gasteiger partial charge >= 0.3 is 0 Å². The van der Waals surface area contributed by atoms with Crippen LogP contribution >= 0.6 is 39.3 Å². The number of aromatic nitrogens is 2. The molecule has 4 nitrogen and oxygen atoms in total. The first-order chi connectivity index (χ1) is 12.1. The third-order valence-corrected chi connectivity index (χ3v) is 5.01. The average Bonchev–Trinajstić information content (AvgIpc) is 2.64. The third kappa shape index (κ3) is 5.04. The van der Waals surface area contributed by atoms with Gasteiger partial charge in [0.05, 0.1) is 4.47 Å². The van der Waals surface area contributed by atoms with Gasteiger partial charge in [-0.25, -0.2) is 9.97 Å². The molecular formula is C18H13BrClN3OS. The van der Waals surface area contributed by atoms with Crippen LogP contribution in [0.15, 0.2) is 70.4 Å². The number of carbonyl (C=O) groups excluding carboxylic acids is 1. The summed E-state index contributed by atoms with van der Waals surface area (Å²) in [6.07, 6.45) is 1.59. The number of benzene rings is 2. The average molecular weight is 435 g/mol. The van der Waals surface area contributed by atoms with Crippen LogP contribution in [0.3, 0.4) is 0 Å². The molecule has 25 heavy (non-hydrogen) atoms. The summed E-state index contributed by atoms with van der Waals surface area (Å²) in [6, 6.07) is 16.9. The SMILES string of the molecule is O=C(Nc1ccc(Cl)cc1)c1nc(SCc2ccccc2)ncc1Br. The smallest absolute Gasteiger partial charge is 0.275 e. The quantitative estimate of drug-likeness (QED) is 0.429. The van der Waals surface area contributed by atoms with E-state index in [4.69, 9.17) is 11.6 Å². The molecule has 0 fully saturated rings. The third-order valence-electron chi connectivity index (χ3n) is 3.25. The van der Waals surface area contributed by atoms with Crippen molar-refractivity contribution in [1.29, 1.82) is 0 Å². The second-order valence-electron chi connectivity index (χ2n) is 5.08. The zero-order chi connectivity index (χ0) is 17.6. The summed E-state index contributed by atoms with van der Waals surface area (Å²) < 4.78 is 0.544. The van der Waals surface area contributed by atoms with E-state index in [1.807, 2.05) is 30.3 Å². The van der Waals surface area contributed by atoms with Gasteiger partial charge in [-0.3, -0.25) is 4.79 Å². The molecule has 1 N–H and O–H groups in total. The number of thioether (sulfide) groups is 1. The Bertz CT molecular complexity index is 875. The van der Waals surface area contributed by atoms with Crippen LogP contribution < -0.4 is 5.32 Å². The number of nitrogens with one attached hydrogen (secondary N) is 1. The van der Waals surface area contributed by atoms with Crippen LogP contribution in [-0.2, 0) is 5.75 Å². The lowest BCUT2D eigenvalue weighted by atomic mass is 10.2. The summed E-state index contributed by atoms with van der Waals surface area (Å²) in [6.45, 7) is 0. The minimum absolute atomic E-state index is 0.292. The molecule has 0 bridgehead atoms. The molecule has 0 atom stereocenters. The molecule has 0 unspecified atom stereocenters. The van der Waals surface area contributed by atoms with Crippen LogP contribution in [0.2, 0.25) is 5.02 Å². The second kappa shape index (κ2) is 8.47. The molecule has 126 valence electrons. The predicted molar refractivity (Wildman–Crippen MR) is 105 cm³/mol. The highest BCUT2D eigenvalue weighted by Crippen LogP contribution is 2.23. The standard InChI is InChI=1S/C18H13BrClN3OS/c19-15-10-21-18(25-11-12-4-2-1-3-5-12)23-16(15)17(24)22-14-8-6-13(20)7-9-14/h1-10H,11H2,(H,22,24). The van der Waals surface area contributed by atoms with Crippen LogP contribution in [0.1, 0.15) is 16.1 Å². The molecule has 0 aliphatic rings. The maximum Gasteiger partial charge on any atom is 0.275 e. The fraction of sp³-hybridized carbons (Fsp3) is 0.0556. The van der Waals surface area contributed by atoms with E-state index in [1.165, 1.54) is 17.3 Å². The van der Waals surface area contributed by atoms with Gasteiger partial charge in [0.15, 0.2) is 5.16 Å². The Morgan fingerprint density at radius 3 is 2.56 bits per heavy atom. The Morgan fingerprint density at radius 1 is 1.12 bits per heavy atom. The number of carbonyl (C=O) groups is 1. The molecule has 1 aromatic heterocycles. The molecule has 0 radical (unpaired) electrons. The minimum atomic E-state index is -0.307. The minimum Gasteiger partial charge on any atom is -0.321 e. The number of anilines is 1. The lowest BCUT2D eigenvalue weighted by molar-refractivity contribution is 0.102. The Morgan fingerprint density at radius 2 is 1.84 bits per heavy atom. The van der Waals surface area contributed by atoms with Gasteiger partial charge in [-0.15, -0.1) is 0 Å². The summed E-state index contributed by atoms with van der Waals surface area (Å²) in [5.74, 6) is 0.430. The first-order valence-corrected chi connectivity index (χ1v) is 9.53. The number of hydrogen-bond donors (Lipinski definition) is 1. The maximum atomic E-state index is 12.5. The highest BCUT2D eigenvalue weighted by atomic mass is 79.9. The van der Waals surface area contributed by atoms with Gasteiger partial charge in [0.2, 0.25) is 0 Å². The van der Waals surface area contributed by atoms with Crippen LogP contribution in [0.25, 0.3) is 0 Å². The second-order valence-corrected chi connectivity index (χ2v) is 7.32. The van der Waals surface area contributed by atoms with Crippen molar-refractivity contribution in [1.82, 2.24) is 9.97 Å².